The second kappa shape index (κ2) is 5.58. The highest BCUT2D eigenvalue weighted by molar-refractivity contribution is 6.31. The molecule has 0 aliphatic heterocycles. The zero-order valence-electron chi connectivity index (χ0n) is 10.9. The van der Waals surface area contributed by atoms with E-state index in [4.69, 9.17) is 17.3 Å². The largest absolute Gasteiger partial charge is 0.327 e. The summed E-state index contributed by atoms with van der Waals surface area (Å²) < 4.78 is 13.4. The van der Waals surface area contributed by atoms with Crippen LogP contribution in [0.3, 0.4) is 0 Å². The van der Waals surface area contributed by atoms with E-state index >= 15 is 0 Å². The summed E-state index contributed by atoms with van der Waals surface area (Å²) in [6.45, 7) is 2.21. The lowest BCUT2D eigenvalue weighted by atomic mass is 9.74. The minimum Gasteiger partial charge on any atom is -0.327 e. The molecule has 3 heteroatoms. The van der Waals surface area contributed by atoms with Crippen LogP contribution in [0.2, 0.25) is 5.02 Å². The van der Waals surface area contributed by atoms with Gasteiger partial charge in [-0.2, -0.15) is 0 Å². The van der Waals surface area contributed by atoms with Crippen molar-refractivity contribution < 1.29 is 4.39 Å². The minimum absolute atomic E-state index is 0.0734. The molecule has 0 spiro atoms. The first-order chi connectivity index (χ1) is 8.59. The predicted molar refractivity (Wildman–Crippen MR) is 74.3 cm³/mol. The van der Waals surface area contributed by atoms with Crippen molar-refractivity contribution in [1.29, 1.82) is 0 Å². The van der Waals surface area contributed by atoms with Gasteiger partial charge in [-0.05, 0) is 42.7 Å². The van der Waals surface area contributed by atoms with Crippen molar-refractivity contribution in [2.45, 2.75) is 51.5 Å². The molecule has 1 aromatic rings. The van der Waals surface area contributed by atoms with Crippen LogP contribution in [0.4, 0.5) is 4.39 Å². The number of rotatable bonds is 4. The average molecular weight is 270 g/mol. The second-order valence-corrected chi connectivity index (χ2v) is 5.82. The second-order valence-electron chi connectivity index (χ2n) is 5.45. The Kier molecular flexibility index (Phi) is 4.29. The van der Waals surface area contributed by atoms with Crippen molar-refractivity contribution in [2.75, 3.05) is 0 Å². The summed E-state index contributed by atoms with van der Waals surface area (Å²) in [6.07, 6.45) is 6.68. The molecule has 1 nitrogen and oxygen atoms in total. The molecule has 0 saturated heterocycles. The van der Waals surface area contributed by atoms with Crippen LogP contribution in [0.15, 0.2) is 18.2 Å². The van der Waals surface area contributed by atoms with E-state index in [-0.39, 0.29) is 22.3 Å². The first-order valence-corrected chi connectivity index (χ1v) is 7.15. The summed E-state index contributed by atoms with van der Waals surface area (Å²) in [6, 6.07) is 5.05. The van der Waals surface area contributed by atoms with Gasteiger partial charge in [0.05, 0.1) is 5.02 Å². The van der Waals surface area contributed by atoms with Crippen molar-refractivity contribution in [3.63, 3.8) is 0 Å². The molecule has 0 aromatic heterocycles. The van der Waals surface area contributed by atoms with Crippen LogP contribution < -0.4 is 5.73 Å². The molecule has 0 bridgehead atoms. The van der Waals surface area contributed by atoms with Gasteiger partial charge in [0, 0.05) is 6.04 Å². The van der Waals surface area contributed by atoms with Gasteiger partial charge >= 0.3 is 0 Å². The molecule has 1 fully saturated rings. The fraction of sp³-hybridized carbons (Fsp3) is 0.600. The van der Waals surface area contributed by atoms with Crippen LogP contribution >= 0.6 is 11.6 Å². The Morgan fingerprint density at radius 3 is 2.67 bits per heavy atom. The normalized spacial score (nSPS) is 20.0. The number of benzene rings is 1. The van der Waals surface area contributed by atoms with Gasteiger partial charge in [-0.3, -0.25) is 0 Å². The molecule has 0 amide bonds. The molecule has 18 heavy (non-hydrogen) atoms. The number of halogens is 2. The standard InChI is InChI=1S/C15H21ClFN/c1-2-15(8-3-4-9-15)13(18)10-11-6-5-7-12(17)14(11)16/h5-7,13H,2-4,8-10,18H2,1H3. The Hall–Kier alpha value is -0.600. The average Bonchev–Trinajstić information content (AvgIpc) is 2.85. The lowest BCUT2D eigenvalue weighted by Gasteiger charge is -2.34. The molecule has 1 aromatic carbocycles. The topological polar surface area (TPSA) is 26.0 Å². The number of hydrogen-bond donors (Lipinski definition) is 1. The molecule has 1 atom stereocenters. The zero-order valence-corrected chi connectivity index (χ0v) is 11.6. The van der Waals surface area contributed by atoms with Gasteiger partial charge in [-0.15, -0.1) is 0 Å². The smallest absolute Gasteiger partial charge is 0.142 e. The zero-order chi connectivity index (χ0) is 13.2. The van der Waals surface area contributed by atoms with Crippen molar-refractivity contribution in [3.05, 3.63) is 34.6 Å². The highest BCUT2D eigenvalue weighted by Crippen LogP contribution is 2.44. The maximum Gasteiger partial charge on any atom is 0.142 e. The van der Waals surface area contributed by atoms with Crippen LogP contribution in [-0.2, 0) is 6.42 Å². The first kappa shape index (κ1) is 13.8. The Balaban J connectivity index is 2.15. The van der Waals surface area contributed by atoms with Gasteiger partial charge in [0.15, 0.2) is 0 Å². The monoisotopic (exact) mass is 269 g/mol. The van der Waals surface area contributed by atoms with Crippen molar-refractivity contribution in [3.8, 4) is 0 Å². The van der Waals surface area contributed by atoms with Crippen molar-refractivity contribution in [2.24, 2.45) is 11.1 Å². The highest BCUT2D eigenvalue weighted by atomic mass is 35.5. The maximum atomic E-state index is 13.4. The molecule has 0 heterocycles. The Labute approximate surface area is 114 Å². The van der Waals surface area contributed by atoms with E-state index in [0.29, 0.717) is 6.42 Å². The summed E-state index contributed by atoms with van der Waals surface area (Å²) in [5.41, 5.74) is 7.46. The van der Waals surface area contributed by atoms with E-state index in [1.54, 1.807) is 6.07 Å². The quantitative estimate of drug-likeness (QED) is 0.866. The lowest BCUT2D eigenvalue weighted by Crippen LogP contribution is -2.41. The Bertz CT molecular complexity index is 413. The molecule has 100 valence electrons. The number of nitrogens with two attached hydrogens (primary N) is 1. The van der Waals surface area contributed by atoms with E-state index in [1.807, 2.05) is 6.07 Å². The fourth-order valence-electron chi connectivity index (χ4n) is 3.23. The maximum absolute atomic E-state index is 13.4. The first-order valence-electron chi connectivity index (χ1n) is 6.77. The van der Waals surface area contributed by atoms with E-state index < -0.39 is 0 Å². The molecule has 2 rings (SSSR count). The molecule has 1 unspecified atom stereocenters. The third-order valence-electron chi connectivity index (χ3n) is 4.56. The molecule has 0 radical (unpaired) electrons. The molecule has 2 N–H and O–H groups in total. The van der Waals surface area contributed by atoms with Gasteiger partial charge in [0.1, 0.15) is 5.82 Å². The minimum atomic E-state index is -0.349. The van der Waals surface area contributed by atoms with Gasteiger partial charge < -0.3 is 5.73 Å². The van der Waals surface area contributed by atoms with E-state index in [1.165, 1.54) is 31.7 Å². The van der Waals surface area contributed by atoms with Gasteiger partial charge in [0.2, 0.25) is 0 Å². The van der Waals surface area contributed by atoms with E-state index in [0.717, 1.165) is 12.0 Å². The van der Waals surface area contributed by atoms with Crippen LogP contribution in [0.5, 0.6) is 0 Å². The van der Waals surface area contributed by atoms with Crippen LogP contribution in [0.1, 0.15) is 44.6 Å². The SMILES string of the molecule is CCC1(C(N)Cc2cccc(F)c2Cl)CCCC1. The molecule has 1 aliphatic carbocycles. The van der Waals surface area contributed by atoms with Gasteiger partial charge in [0.25, 0.3) is 0 Å². The summed E-state index contributed by atoms with van der Waals surface area (Å²) in [7, 11) is 0. The fourth-order valence-corrected chi connectivity index (χ4v) is 3.43. The Morgan fingerprint density at radius 1 is 1.39 bits per heavy atom. The van der Waals surface area contributed by atoms with E-state index in [2.05, 4.69) is 6.92 Å². The summed E-state index contributed by atoms with van der Waals surface area (Å²) in [5.74, 6) is -0.349. The van der Waals surface area contributed by atoms with E-state index in [9.17, 15) is 4.39 Å². The lowest BCUT2D eigenvalue weighted by molar-refractivity contribution is 0.218. The number of hydrogen-bond acceptors (Lipinski definition) is 1. The third kappa shape index (κ3) is 2.55. The molecule has 1 aliphatic rings. The van der Waals surface area contributed by atoms with Crippen molar-refractivity contribution in [1.82, 2.24) is 0 Å². The van der Waals surface area contributed by atoms with Gasteiger partial charge in [-0.25, -0.2) is 4.39 Å². The van der Waals surface area contributed by atoms with Crippen molar-refractivity contribution >= 4 is 11.6 Å². The third-order valence-corrected chi connectivity index (χ3v) is 4.98. The predicted octanol–water partition coefficient (Wildman–Crippen LogP) is 4.32. The summed E-state index contributed by atoms with van der Waals surface area (Å²) >= 11 is 6.00. The Morgan fingerprint density at radius 2 is 2.06 bits per heavy atom. The van der Waals surface area contributed by atoms with Crippen LogP contribution in [0, 0.1) is 11.2 Å². The van der Waals surface area contributed by atoms with Crippen LogP contribution in [0.25, 0.3) is 0 Å². The summed E-state index contributed by atoms with van der Waals surface area (Å²) in [4.78, 5) is 0. The molecule has 1 saturated carbocycles. The van der Waals surface area contributed by atoms with Gasteiger partial charge in [-0.1, -0.05) is 43.5 Å². The highest BCUT2D eigenvalue weighted by Gasteiger charge is 2.37. The molecular formula is C15H21ClFN. The molecular weight excluding hydrogens is 249 g/mol. The summed E-state index contributed by atoms with van der Waals surface area (Å²) in [5, 5.41) is 0.234. The van der Waals surface area contributed by atoms with Crippen LogP contribution in [-0.4, -0.2) is 6.04 Å².